The van der Waals surface area contributed by atoms with Crippen LogP contribution in [0.25, 0.3) is 10.8 Å². The van der Waals surface area contributed by atoms with Gasteiger partial charge in [0.25, 0.3) is 0 Å². The highest BCUT2D eigenvalue weighted by molar-refractivity contribution is 5.94. The molecule has 0 aliphatic heterocycles. The van der Waals surface area contributed by atoms with E-state index in [2.05, 4.69) is 21.4 Å². The highest BCUT2D eigenvalue weighted by Crippen LogP contribution is 2.24. The molecule has 4 nitrogen and oxygen atoms in total. The Morgan fingerprint density at radius 3 is 2.78 bits per heavy atom. The van der Waals surface area contributed by atoms with E-state index in [0.29, 0.717) is 5.69 Å². The molecule has 0 amide bonds. The minimum atomic E-state index is 0.653. The van der Waals surface area contributed by atoms with Gasteiger partial charge in [-0.3, -0.25) is 4.98 Å². The molecule has 3 rings (SSSR count). The van der Waals surface area contributed by atoms with Crippen molar-refractivity contribution >= 4 is 28.0 Å². The van der Waals surface area contributed by atoms with Crippen molar-refractivity contribution in [3.63, 3.8) is 0 Å². The lowest BCUT2D eigenvalue weighted by molar-refractivity contribution is 1.31. The Bertz CT molecular complexity index is 671. The second-order valence-corrected chi connectivity index (χ2v) is 4.00. The summed E-state index contributed by atoms with van der Waals surface area (Å²) in [4.78, 5) is 8.37. The lowest BCUT2D eigenvalue weighted by Crippen LogP contribution is -1.95. The van der Waals surface area contributed by atoms with Gasteiger partial charge >= 0.3 is 0 Å². The molecular weight excluding hydrogens is 224 g/mol. The molecule has 1 aromatic carbocycles. The Kier molecular flexibility index (Phi) is 2.53. The molecule has 0 spiro atoms. The lowest BCUT2D eigenvalue weighted by Gasteiger charge is -2.08. The van der Waals surface area contributed by atoms with Gasteiger partial charge in [0.1, 0.15) is 5.82 Å². The third kappa shape index (κ3) is 1.96. The van der Waals surface area contributed by atoms with Gasteiger partial charge in [-0.2, -0.15) is 0 Å². The molecule has 2 aromatic heterocycles. The second kappa shape index (κ2) is 4.33. The Morgan fingerprint density at radius 2 is 1.94 bits per heavy atom. The zero-order valence-electron chi connectivity index (χ0n) is 9.67. The third-order valence-electron chi connectivity index (χ3n) is 2.73. The van der Waals surface area contributed by atoms with Crippen LogP contribution in [0.2, 0.25) is 0 Å². The summed E-state index contributed by atoms with van der Waals surface area (Å²) in [6.45, 7) is 0. The summed E-state index contributed by atoms with van der Waals surface area (Å²) in [5.41, 5.74) is 7.25. The SMILES string of the molecule is Nc1ccc(Nc2cccc3ccncc23)nc1. The van der Waals surface area contributed by atoms with Gasteiger partial charge < -0.3 is 11.1 Å². The molecule has 0 aliphatic rings. The van der Waals surface area contributed by atoms with E-state index >= 15 is 0 Å². The summed E-state index contributed by atoms with van der Waals surface area (Å²) in [5.74, 6) is 0.764. The fourth-order valence-electron chi connectivity index (χ4n) is 1.84. The van der Waals surface area contributed by atoms with Crippen LogP contribution in [0, 0.1) is 0 Å². The van der Waals surface area contributed by atoms with Crippen LogP contribution < -0.4 is 11.1 Å². The average Bonchev–Trinajstić information content (AvgIpc) is 2.42. The highest BCUT2D eigenvalue weighted by Gasteiger charge is 2.01. The van der Waals surface area contributed by atoms with Gasteiger partial charge in [-0.15, -0.1) is 0 Å². The molecule has 3 N–H and O–H groups in total. The first-order valence-electron chi connectivity index (χ1n) is 5.64. The number of aromatic nitrogens is 2. The molecule has 3 aromatic rings. The van der Waals surface area contributed by atoms with Crippen molar-refractivity contribution in [2.45, 2.75) is 0 Å². The molecule has 0 unspecified atom stereocenters. The number of nitrogen functional groups attached to an aromatic ring is 1. The number of nitrogens with zero attached hydrogens (tertiary/aromatic N) is 2. The molecule has 0 saturated carbocycles. The van der Waals surface area contributed by atoms with Crippen LogP contribution in [0.1, 0.15) is 0 Å². The van der Waals surface area contributed by atoms with Gasteiger partial charge in [-0.05, 0) is 29.7 Å². The van der Waals surface area contributed by atoms with Crippen molar-refractivity contribution in [3.05, 3.63) is 55.0 Å². The van der Waals surface area contributed by atoms with E-state index in [1.165, 1.54) is 0 Å². The number of pyridine rings is 2. The largest absolute Gasteiger partial charge is 0.397 e. The third-order valence-corrected chi connectivity index (χ3v) is 2.73. The molecule has 18 heavy (non-hydrogen) atoms. The number of nitrogens with two attached hydrogens (primary N) is 1. The number of fused-ring (bicyclic) bond motifs is 1. The van der Waals surface area contributed by atoms with Gasteiger partial charge in [0, 0.05) is 23.5 Å². The predicted molar refractivity (Wildman–Crippen MR) is 73.7 cm³/mol. The number of benzene rings is 1. The summed E-state index contributed by atoms with van der Waals surface area (Å²) in [7, 11) is 0. The van der Waals surface area contributed by atoms with Crippen molar-refractivity contribution in [3.8, 4) is 0 Å². The van der Waals surface area contributed by atoms with Gasteiger partial charge in [0.05, 0.1) is 11.9 Å². The smallest absolute Gasteiger partial charge is 0.130 e. The van der Waals surface area contributed by atoms with Crippen LogP contribution in [0.15, 0.2) is 55.0 Å². The normalized spacial score (nSPS) is 10.4. The standard InChI is InChI=1S/C14H12N4/c15-11-4-5-14(17-8-11)18-13-3-1-2-10-6-7-16-9-12(10)13/h1-9H,15H2,(H,17,18). The minimum Gasteiger partial charge on any atom is -0.397 e. The lowest BCUT2D eigenvalue weighted by atomic mass is 10.1. The van der Waals surface area contributed by atoms with Crippen molar-refractivity contribution < 1.29 is 0 Å². The first-order valence-corrected chi connectivity index (χ1v) is 5.64. The summed E-state index contributed by atoms with van der Waals surface area (Å²) in [5, 5.41) is 5.48. The minimum absolute atomic E-state index is 0.653. The Morgan fingerprint density at radius 1 is 1.00 bits per heavy atom. The zero-order chi connectivity index (χ0) is 12.4. The zero-order valence-corrected chi connectivity index (χ0v) is 9.67. The van der Waals surface area contributed by atoms with Crippen molar-refractivity contribution in [1.29, 1.82) is 0 Å². The number of hydrogen-bond donors (Lipinski definition) is 2. The van der Waals surface area contributed by atoms with Gasteiger partial charge in [0.2, 0.25) is 0 Å². The van der Waals surface area contributed by atoms with E-state index in [-0.39, 0.29) is 0 Å². The first kappa shape index (κ1) is 10.5. The predicted octanol–water partition coefficient (Wildman–Crippen LogP) is 2.96. The molecule has 0 atom stereocenters. The number of nitrogens with one attached hydrogen (secondary N) is 1. The summed E-state index contributed by atoms with van der Waals surface area (Å²) in [6.07, 6.45) is 5.26. The average molecular weight is 236 g/mol. The van der Waals surface area contributed by atoms with Crippen LogP contribution >= 0.6 is 0 Å². The number of rotatable bonds is 2. The molecule has 0 bridgehead atoms. The molecule has 88 valence electrons. The summed E-state index contributed by atoms with van der Waals surface area (Å²) < 4.78 is 0. The quantitative estimate of drug-likeness (QED) is 0.718. The molecule has 0 fully saturated rings. The molecule has 0 aliphatic carbocycles. The van der Waals surface area contributed by atoms with Crippen LogP contribution in [0.3, 0.4) is 0 Å². The fraction of sp³-hybridized carbons (Fsp3) is 0. The highest BCUT2D eigenvalue weighted by atomic mass is 15.0. The maximum absolute atomic E-state index is 5.61. The van der Waals surface area contributed by atoms with E-state index in [4.69, 9.17) is 5.73 Å². The van der Waals surface area contributed by atoms with Crippen LogP contribution in [-0.4, -0.2) is 9.97 Å². The van der Waals surface area contributed by atoms with E-state index < -0.39 is 0 Å². The van der Waals surface area contributed by atoms with E-state index in [1.54, 1.807) is 12.4 Å². The van der Waals surface area contributed by atoms with Crippen LogP contribution in [-0.2, 0) is 0 Å². The number of anilines is 3. The molecule has 4 heteroatoms. The fourth-order valence-corrected chi connectivity index (χ4v) is 1.84. The van der Waals surface area contributed by atoms with Gasteiger partial charge in [-0.1, -0.05) is 12.1 Å². The van der Waals surface area contributed by atoms with Gasteiger partial charge in [-0.25, -0.2) is 4.98 Å². The topological polar surface area (TPSA) is 63.8 Å². The Hall–Kier alpha value is -2.62. The molecule has 2 heterocycles. The molecular formula is C14H12N4. The maximum atomic E-state index is 5.61. The molecule has 0 saturated heterocycles. The first-order chi connectivity index (χ1) is 8.83. The van der Waals surface area contributed by atoms with Crippen LogP contribution in [0.5, 0.6) is 0 Å². The Labute approximate surface area is 104 Å². The van der Waals surface area contributed by atoms with E-state index in [1.807, 2.05) is 36.5 Å². The van der Waals surface area contributed by atoms with Gasteiger partial charge in [0.15, 0.2) is 0 Å². The number of hydrogen-bond acceptors (Lipinski definition) is 4. The summed E-state index contributed by atoms with van der Waals surface area (Å²) >= 11 is 0. The monoisotopic (exact) mass is 236 g/mol. The summed E-state index contributed by atoms with van der Waals surface area (Å²) in [6, 6.07) is 11.7. The van der Waals surface area contributed by atoms with Crippen molar-refractivity contribution in [1.82, 2.24) is 9.97 Å². The van der Waals surface area contributed by atoms with Crippen LogP contribution in [0.4, 0.5) is 17.2 Å². The van der Waals surface area contributed by atoms with E-state index in [9.17, 15) is 0 Å². The second-order valence-electron chi connectivity index (χ2n) is 4.00. The van der Waals surface area contributed by atoms with E-state index in [0.717, 1.165) is 22.3 Å². The van der Waals surface area contributed by atoms with Crippen molar-refractivity contribution in [2.24, 2.45) is 0 Å². The molecule has 0 radical (unpaired) electrons. The van der Waals surface area contributed by atoms with Crippen molar-refractivity contribution in [2.75, 3.05) is 11.1 Å². The maximum Gasteiger partial charge on any atom is 0.130 e. The Balaban J connectivity index is 2.02.